The highest BCUT2D eigenvalue weighted by Gasteiger charge is 2.00. The van der Waals surface area contributed by atoms with E-state index in [9.17, 15) is 0 Å². The van der Waals surface area contributed by atoms with E-state index in [4.69, 9.17) is 5.26 Å². The molecule has 0 aromatic carbocycles. The molecule has 0 fully saturated rings. The van der Waals surface area contributed by atoms with Gasteiger partial charge in [-0.3, -0.25) is 0 Å². The van der Waals surface area contributed by atoms with Crippen LogP contribution in [0.2, 0.25) is 0 Å². The Kier molecular flexibility index (Phi) is 5.81. The Morgan fingerprint density at radius 1 is 1.58 bits per heavy atom. The van der Waals surface area contributed by atoms with Gasteiger partial charge >= 0.3 is 0 Å². The summed E-state index contributed by atoms with van der Waals surface area (Å²) in [4.78, 5) is 0. The maximum Gasteiger partial charge on any atom is 0.0669 e. The summed E-state index contributed by atoms with van der Waals surface area (Å²) in [6.07, 6.45) is 6.40. The second-order valence-corrected chi connectivity index (χ2v) is 2.37. The molecule has 1 heterocycles. The first-order valence-electron chi connectivity index (χ1n) is 4.33. The molecular formula is C10H16N2. The van der Waals surface area contributed by atoms with Crippen LogP contribution in [0, 0.1) is 11.3 Å². The number of rotatable bonds is 1. The van der Waals surface area contributed by atoms with Crippen molar-refractivity contribution in [3.63, 3.8) is 0 Å². The molecule has 2 nitrogen and oxygen atoms in total. The van der Waals surface area contributed by atoms with Crippen molar-refractivity contribution in [1.29, 1.82) is 5.26 Å². The van der Waals surface area contributed by atoms with Gasteiger partial charge in [-0.1, -0.05) is 19.9 Å². The average molecular weight is 164 g/mol. The minimum absolute atomic E-state index is 0.369. The molecule has 0 amide bonds. The molecule has 66 valence electrons. The molecule has 1 aliphatic heterocycles. The molecule has 0 radical (unpaired) electrons. The quantitative estimate of drug-likeness (QED) is 0.645. The standard InChI is InChI=1S/C8H10N2.C2H6/c1-7-6-8(2-4-9)3-5-10-7;1-2/h3,5-7,10H,2H2,1H3;1-2H3. The molecule has 1 rings (SSSR count). The lowest BCUT2D eigenvalue weighted by molar-refractivity contribution is 0.751. The first-order chi connectivity index (χ1) is 5.83. The van der Waals surface area contributed by atoms with Crippen LogP contribution in [-0.2, 0) is 0 Å². The molecule has 0 aromatic heterocycles. The third kappa shape index (κ3) is 3.82. The largest absolute Gasteiger partial charge is 0.385 e. The van der Waals surface area contributed by atoms with Crippen LogP contribution >= 0.6 is 0 Å². The average Bonchev–Trinajstić information content (AvgIpc) is 2.09. The van der Waals surface area contributed by atoms with Gasteiger partial charge < -0.3 is 5.32 Å². The van der Waals surface area contributed by atoms with Crippen molar-refractivity contribution in [3.8, 4) is 6.07 Å². The number of nitrogens with zero attached hydrogens (tertiary/aromatic N) is 1. The normalized spacial score (nSPS) is 19.5. The number of nitrogens with one attached hydrogen (secondary N) is 1. The van der Waals surface area contributed by atoms with E-state index in [0.717, 1.165) is 5.57 Å². The Bertz CT molecular complexity index is 208. The lowest BCUT2D eigenvalue weighted by Gasteiger charge is -2.12. The van der Waals surface area contributed by atoms with Crippen LogP contribution in [0.5, 0.6) is 0 Å². The Morgan fingerprint density at radius 3 is 2.75 bits per heavy atom. The lowest BCUT2D eigenvalue weighted by Crippen LogP contribution is -2.20. The summed E-state index contributed by atoms with van der Waals surface area (Å²) in [5, 5.41) is 11.5. The fourth-order valence-corrected chi connectivity index (χ4v) is 0.941. The topological polar surface area (TPSA) is 35.8 Å². The number of nitriles is 1. The fraction of sp³-hybridized carbons (Fsp3) is 0.500. The minimum atomic E-state index is 0.369. The molecular weight excluding hydrogens is 148 g/mol. The van der Waals surface area contributed by atoms with E-state index in [2.05, 4.69) is 24.4 Å². The lowest BCUT2D eigenvalue weighted by atomic mass is 10.1. The molecule has 2 heteroatoms. The monoisotopic (exact) mass is 164 g/mol. The first-order valence-corrected chi connectivity index (χ1v) is 4.33. The van der Waals surface area contributed by atoms with E-state index in [1.165, 1.54) is 0 Å². The van der Waals surface area contributed by atoms with Gasteiger partial charge in [0.15, 0.2) is 0 Å². The van der Waals surface area contributed by atoms with Gasteiger partial charge in [0, 0.05) is 6.04 Å². The van der Waals surface area contributed by atoms with Gasteiger partial charge in [-0.15, -0.1) is 0 Å². The van der Waals surface area contributed by atoms with Crippen molar-refractivity contribution in [2.24, 2.45) is 0 Å². The Balaban J connectivity index is 0.000000561. The zero-order chi connectivity index (χ0) is 9.40. The van der Waals surface area contributed by atoms with Crippen LogP contribution in [0.25, 0.3) is 0 Å². The van der Waals surface area contributed by atoms with Crippen LogP contribution in [0.4, 0.5) is 0 Å². The maximum atomic E-state index is 8.36. The van der Waals surface area contributed by atoms with Gasteiger partial charge in [-0.05, 0) is 24.8 Å². The second kappa shape index (κ2) is 6.48. The molecule has 1 aliphatic rings. The van der Waals surface area contributed by atoms with Gasteiger partial charge in [0.2, 0.25) is 0 Å². The highest BCUT2D eigenvalue weighted by atomic mass is 14.9. The second-order valence-electron chi connectivity index (χ2n) is 2.37. The third-order valence-corrected chi connectivity index (χ3v) is 1.40. The molecule has 0 spiro atoms. The van der Waals surface area contributed by atoms with Crippen molar-refractivity contribution in [2.75, 3.05) is 0 Å². The van der Waals surface area contributed by atoms with Crippen LogP contribution in [0.3, 0.4) is 0 Å². The van der Waals surface area contributed by atoms with E-state index in [0.29, 0.717) is 12.5 Å². The van der Waals surface area contributed by atoms with Gasteiger partial charge in [-0.2, -0.15) is 5.26 Å². The van der Waals surface area contributed by atoms with Crippen molar-refractivity contribution in [1.82, 2.24) is 5.32 Å². The van der Waals surface area contributed by atoms with E-state index in [1.54, 1.807) is 0 Å². The van der Waals surface area contributed by atoms with Gasteiger partial charge in [0.05, 0.1) is 12.5 Å². The number of hydrogen-bond acceptors (Lipinski definition) is 2. The molecule has 0 saturated carbocycles. The van der Waals surface area contributed by atoms with E-state index < -0.39 is 0 Å². The third-order valence-electron chi connectivity index (χ3n) is 1.40. The fourth-order valence-electron chi connectivity index (χ4n) is 0.941. The van der Waals surface area contributed by atoms with Crippen LogP contribution in [0.1, 0.15) is 27.2 Å². The van der Waals surface area contributed by atoms with Crippen molar-refractivity contribution < 1.29 is 0 Å². The highest BCUT2D eigenvalue weighted by molar-refractivity contribution is 5.26. The molecule has 0 saturated heterocycles. The summed E-state index contributed by atoms with van der Waals surface area (Å²) < 4.78 is 0. The number of dihydropyridines is 1. The molecule has 0 aliphatic carbocycles. The summed E-state index contributed by atoms with van der Waals surface area (Å²) in [5.74, 6) is 0. The van der Waals surface area contributed by atoms with Gasteiger partial charge in [0.1, 0.15) is 0 Å². The van der Waals surface area contributed by atoms with Gasteiger partial charge in [-0.25, -0.2) is 0 Å². The predicted molar refractivity (Wildman–Crippen MR) is 51.4 cm³/mol. The predicted octanol–water partition coefficient (Wildman–Crippen LogP) is 2.36. The molecule has 0 aromatic rings. The summed E-state index contributed by atoms with van der Waals surface area (Å²) in [7, 11) is 0. The zero-order valence-corrected chi connectivity index (χ0v) is 7.96. The summed E-state index contributed by atoms with van der Waals surface area (Å²) in [6, 6.07) is 2.48. The Labute approximate surface area is 74.6 Å². The van der Waals surface area contributed by atoms with Crippen molar-refractivity contribution in [2.45, 2.75) is 33.2 Å². The van der Waals surface area contributed by atoms with E-state index in [1.807, 2.05) is 26.1 Å². The molecule has 1 N–H and O–H groups in total. The molecule has 0 bridgehead atoms. The zero-order valence-electron chi connectivity index (χ0n) is 7.96. The number of hydrogen-bond donors (Lipinski definition) is 1. The number of allylic oxidation sites excluding steroid dienone is 2. The minimum Gasteiger partial charge on any atom is -0.385 e. The van der Waals surface area contributed by atoms with Gasteiger partial charge in [0.25, 0.3) is 0 Å². The van der Waals surface area contributed by atoms with E-state index in [-0.39, 0.29) is 0 Å². The maximum absolute atomic E-state index is 8.36. The highest BCUT2D eigenvalue weighted by Crippen LogP contribution is 2.07. The van der Waals surface area contributed by atoms with Crippen LogP contribution in [0.15, 0.2) is 23.9 Å². The smallest absolute Gasteiger partial charge is 0.0669 e. The van der Waals surface area contributed by atoms with Crippen LogP contribution < -0.4 is 5.32 Å². The molecule has 12 heavy (non-hydrogen) atoms. The molecule has 1 atom stereocenters. The SMILES string of the molecule is CC.CC1C=C(CC#N)C=CN1. The summed E-state index contributed by atoms with van der Waals surface area (Å²) in [6.45, 7) is 6.06. The summed E-state index contributed by atoms with van der Waals surface area (Å²) in [5.41, 5.74) is 1.11. The Hall–Kier alpha value is -1.23. The molecule has 1 unspecified atom stereocenters. The van der Waals surface area contributed by atoms with E-state index >= 15 is 0 Å². The summed E-state index contributed by atoms with van der Waals surface area (Å²) >= 11 is 0. The van der Waals surface area contributed by atoms with Crippen LogP contribution in [-0.4, -0.2) is 6.04 Å². The van der Waals surface area contributed by atoms with Crippen molar-refractivity contribution in [3.05, 3.63) is 23.9 Å². The first kappa shape index (κ1) is 10.8. The Morgan fingerprint density at radius 2 is 2.25 bits per heavy atom. The van der Waals surface area contributed by atoms with Crippen molar-refractivity contribution >= 4 is 0 Å².